The van der Waals surface area contributed by atoms with Gasteiger partial charge in [0.1, 0.15) is 0 Å². The number of alkyl halides is 1. The zero-order valence-corrected chi connectivity index (χ0v) is 10.8. The van der Waals surface area contributed by atoms with Gasteiger partial charge in [-0.2, -0.15) is 0 Å². The van der Waals surface area contributed by atoms with E-state index in [-0.39, 0.29) is 0 Å². The third kappa shape index (κ3) is 4.34. The molecular formula is C11H20IN. The van der Waals surface area contributed by atoms with E-state index < -0.39 is 0 Å². The zero-order valence-electron chi connectivity index (χ0n) is 8.65. The van der Waals surface area contributed by atoms with Gasteiger partial charge in [-0.15, -0.1) is 0 Å². The van der Waals surface area contributed by atoms with Gasteiger partial charge in [0.05, 0.1) is 0 Å². The summed E-state index contributed by atoms with van der Waals surface area (Å²) in [7, 11) is 0. The summed E-state index contributed by atoms with van der Waals surface area (Å²) in [6, 6.07) is 0. The highest BCUT2D eigenvalue weighted by molar-refractivity contribution is 14.1. The van der Waals surface area contributed by atoms with Gasteiger partial charge in [-0.05, 0) is 31.4 Å². The van der Waals surface area contributed by atoms with Gasteiger partial charge in [0.15, 0.2) is 0 Å². The van der Waals surface area contributed by atoms with Crippen molar-refractivity contribution in [2.45, 2.75) is 43.5 Å². The maximum atomic E-state index is 3.43. The number of hydrogen-bond donors (Lipinski definition) is 1. The summed E-state index contributed by atoms with van der Waals surface area (Å²) >= 11 is 2.60. The van der Waals surface area contributed by atoms with Gasteiger partial charge in [0.25, 0.3) is 0 Å². The Morgan fingerprint density at radius 1 is 1.62 bits per heavy atom. The summed E-state index contributed by atoms with van der Waals surface area (Å²) in [5.41, 5.74) is 1.61. The van der Waals surface area contributed by atoms with Gasteiger partial charge in [-0.3, -0.25) is 0 Å². The molecular weight excluding hydrogens is 273 g/mol. The standard InChI is InChI=1S/C11H20IN/c1-3-4-10-6-11(12)5-9(2)7-13-8-10/h8-9,11,13H,3-7H2,1-2H3/b10-8-/t9?,11-/m0/s1. The fourth-order valence-corrected chi connectivity index (χ4v) is 3.28. The molecule has 0 aromatic rings. The molecule has 1 heterocycles. The minimum Gasteiger partial charge on any atom is -0.391 e. The molecule has 0 fully saturated rings. The highest BCUT2D eigenvalue weighted by Crippen LogP contribution is 2.24. The molecule has 1 nitrogen and oxygen atoms in total. The third-order valence-electron chi connectivity index (χ3n) is 2.49. The molecule has 0 saturated carbocycles. The Morgan fingerprint density at radius 3 is 3.08 bits per heavy atom. The fraction of sp³-hybridized carbons (Fsp3) is 0.818. The van der Waals surface area contributed by atoms with Crippen LogP contribution in [0, 0.1) is 5.92 Å². The predicted molar refractivity (Wildman–Crippen MR) is 67.2 cm³/mol. The van der Waals surface area contributed by atoms with Crippen molar-refractivity contribution in [3.63, 3.8) is 0 Å². The van der Waals surface area contributed by atoms with Crippen molar-refractivity contribution in [2.24, 2.45) is 5.92 Å². The largest absolute Gasteiger partial charge is 0.391 e. The molecule has 1 rings (SSSR count). The minimum absolute atomic E-state index is 0.821. The Balaban J connectivity index is 2.50. The Hall–Kier alpha value is 0.270. The minimum atomic E-state index is 0.821. The lowest BCUT2D eigenvalue weighted by Gasteiger charge is -2.21. The molecule has 0 aromatic heterocycles. The summed E-state index contributed by atoms with van der Waals surface area (Å²) in [5.74, 6) is 0.821. The third-order valence-corrected chi connectivity index (χ3v) is 3.43. The van der Waals surface area contributed by atoms with Gasteiger partial charge in [-0.25, -0.2) is 0 Å². The average Bonchev–Trinajstić information content (AvgIpc) is 2.01. The van der Waals surface area contributed by atoms with Gasteiger partial charge in [0, 0.05) is 10.5 Å². The molecule has 1 aliphatic heterocycles. The van der Waals surface area contributed by atoms with Crippen LogP contribution in [0.5, 0.6) is 0 Å². The summed E-state index contributed by atoms with van der Waals surface area (Å²) in [4.78, 5) is 0. The molecule has 13 heavy (non-hydrogen) atoms. The predicted octanol–water partition coefficient (Wildman–Crippen LogP) is 3.49. The number of rotatable bonds is 2. The number of allylic oxidation sites excluding steroid dienone is 1. The molecule has 0 bridgehead atoms. The molecule has 0 amide bonds. The molecule has 1 unspecified atom stereocenters. The van der Waals surface area contributed by atoms with Crippen LogP contribution < -0.4 is 5.32 Å². The molecule has 1 aliphatic rings. The van der Waals surface area contributed by atoms with E-state index in [2.05, 4.69) is 48.0 Å². The first-order chi connectivity index (χ1) is 6.22. The van der Waals surface area contributed by atoms with E-state index in [1.165, 1.54) is 25.7 Å². The molecule has 2 atom stereocenters. The van der Waals surface area contributed by atoms with Crippen molar-refractivity contribution >= 4 is 22.6 Å². The molecule has 0 aliphatic carbocycles. The lowest BCUT2D eigenvalue weighted by Crippen LogP contribution is -2.22. The second kappa shape index (κ2) is 5.89. The van der Waals surface area contributed by atoms with Gasteiger partial charge in [-0.1, -0.05) is 48.4 Å². The van der Waals surface area contributed by atoms with E-state index in [4.69, 9.17) is 0 Å². The normalized spacial score (nSPS) is 33.9. The van der Waals surface area contributed by atoms with Crippen molar-refractivity contribution in [3.05, 3.63) is 11.8 Å². The Bertz CT molecular complexity index is 177. The second-order valence-electron chi connectivity index (χ2n) is 4.10. The number of hydrogen-bond acceptors (Lipinski definition) is 1. The van der Waals surface area contributed by atoms with Crippen molar-refractivity contribution in [2.75, 3.05) is 6.54 Å². The monoisotopic (exact) mass is 293 g/mol. The molecule has 0 aromatic carbocycles. The quantitative estimate of drug-likeness (QED) is 0.607. The van der Waals surface area contributed by atoms with Crippen LogP contribution in [-0.2, 0) is 0 Å². The molecule has 1 N–H and O–H groups in total. The van der Waals surface area contributed by atoms with Crippen LogP contribution >= 0.6 is 22.6 Å². The van der Waals surface area contributed by atoms with Crippen LogP contribution in [0.3, 0.4) is 0 Å². The van der Waals surface area contributed by atoms with Crippen LogP contribution in [-0.4, -0.2) is 10.5 Å². The molecule has 0 radical (unpaired) electrons. The summed E-state index contributed by atoms with van der Waals surface area (Å²) < 4.78 is 0.840. The smallest absolute Gasteiger partial charge is 0.0167 e. The van der Waals surface area contributed by atoms with Gasteiger partial charge >= 0.3 is 0 Å². The first-order valence-corrected chi connectivity index (χ1v) is 6.52. The van der Waals surface area contributed by atoms with E-state index in [0.717, 1.165) is 16.4 Å². The summed E-state index contributed by atoms with van der Waals surface area (Å²) in [6.45, 7) is 5.73. The first kappa shape index (κ1) is 11.3. The molecule has 76 valence electrons. The fourth-order valence-electron chi connectivity index (χ4n) is 1.85. The SMILES string of the molecule is CCC/C1=C/NCC(C)C[C@H](I)C1. The van der Waals surface area contributed by atoms with E-state index in [1.54, 1.807) is 5.57 Å². The number of nitrogens with one attached hydrogen (secondary N) is 1. The maximum Gasteiger partial charge on any atom is 0.0167 e. The zero-order chi connectivity index (χ0) is 9.68. The van der Waals surface area contributed by atoms with Crippen molar-refractivity contribution in [1.29, 1.82) is 0 Å². The Labute approximate surface area is 95.5 Å². The van der Waals surface area contributed by atoms with E-state index in [0.29, 0.717) is 0 Å². The van der Waals surface area contributed by atoms with Crippen LogP contribution in [0.2, 0.25) is 0 Å². The average molecular weight is 293 g/mol. The maximum absolute atomic E-state index is 3.43. The lowest BCUT2D eigenvalue weighted by atomic mass is 9.97. The first-order valence-electron chi connectivity index (χ1n) is 5.27. The van der Waals surface area contributed by atoms with Gasteiger partial charge in [0.2, 0.25) is 0 Å². The highest BCUT2D eigenvalue weighted by Gasteiger charge is 2.13. The van der Waals surface area contributed by atoms with Crippen molar-refractivity contribution < 1.29 is 0 Å². The van der Waals surface area contributed by atoms with Crippen LogP contribution in [0.4, 0.5) is 0 Å². The lowest BCUT2D eigenvalue weighted by molar-refractivity contribution is 0.493. The van der Waals surface area contributed by atoms with E-state index in [9.17, 15) is 0 Å². The summed E-state index contributed by atoms with van der Waals surface area (Å²) in [5, 5.41) is 3.43. The van der Waals surface area contributed by atoms with Crippen molar-refractivity contribution in [1.82, 2.24) is 5.32 Å². The Morgan fingerprint density at radius 2 is 2.38 bits per heavy atom. The second-order valence-corrected chi connectivity index (χ2v) is 5.86. The topological polar surface area (TPSA) is 12.0 Å². The van der Waals surface area contributed by atoms with E-state index >= 15 is 0 Å². The summed E-state index contributed by atoms with van der Waals surface area (Å²) in [6.07, 6.45) is 7.43. The van der Waals surface area contributed by atoms with Crippen LogP contribution in [0.1, 0.15) is 39.5 Å². The number of halogens is 1. The van der Waals surface area contributed by atoms with Gasteiger partial charge < -0.3 is 5.32 Å². The van der Waals surface area contributed by atoms with Crippen LogP contribution in [0.15, 0.2) is 11.8 Å². The molecule has 0 saturated heterocycles. The highest BCUT2D eigenvalue weighted by atomic mass is 127. The van der Waals surface area contributed by atoms with Crippen molar-refractivity contribution in [3.8, 4) is 0 Å². The van der Waals surface area contributed by atoms with Crippen LogP contribution in [0.25, 0.3) is 0 Å². The Kier molecular flexibility index (Phi) is 5.14. The molecule has 2 heteroatoms. The molecule has 0 spiro atoms. The van der Waals surface area contributed by atoms with E-state index in [1.807, 2.05) is 0 Å².